The Morgan fingerprint density at radius 3 is 2.43 bits per heavy atom. The van der Waals surface area contributed by atoms with E-state index in [1.807, 2.05) is 25.1 Å². The van der Waals surface area contributed by atoms with Gasteiger partial charge in [-0.05, 0) is 54.7 Å². The Balaban J connectivity index is 1.92. The molecular formula is C24H26FN3O2. The van der Waals surface area contributed by atoms with Crippen molar-refractivity contribution < 1.29 is 14.2 Å². The number of anilines is 1. The molecule has 1 fully saturated rings. The first-order valence-electron chi connectivity index (χ1n) is 10.1. The van der Waals surface area contributed by atoms with Crippen LogP contribution in [0.15, 0.2) is 48.8 Å². The number of rotatable bonds is 4. The summed E-state index contributed by atoms with van der Waals surface area (Å²) in [7, 11) is 1.52. The second-order valence-electron chi connectivity index (χ2n) is 7.79. The minimum absolute atomic E-state index is 0.188. The number of phenolic OH excluding ortho intramolecular Hbond substituents is 1. The fourth-order valence-electron chi connectivity index (χ4n) is 3.95. The highest BCUT2D eigenvalue weighted by Crippen LogP contribution is 2.41. The van der Waals surface area contributed by atoms with E-state index in [4.69, 9.17) is 10.5 Å². The minimum Gasteiger partial charge on any atom is -0.508 e. The topological polar surface area (TPSA) is 71.6 Å². The first-order chi connectivity index (χ1) is 14.5. The molecule has 0 spiro atoms. The average molecular weight is 407 g/mol. The van der Waals surface area contributed by atoms with Gasteiger partial charge in [-0.15, -0.1) is 0 Å². The van der Waals surface area contributed by atoms with Gasteiger partial charge < -0.3 is 20.5 Å². The standard InChI is InChI=1S/C24H26FN3O2/c1-15-3-4-16(11-23(15)29)21-13-27-14-22(17-9-18(25)12-20(10-17)30-2)24(21)28-7-5-19(26)6-8-28/h3-4,9-14,19,29H,5-8,26H2,1-2H3. The van der Waals surface area contributed by atoms with Crippen LogP contribution in [-0.2, 0) is 0 Å². The van der Waals surface area contributed by atoms with E-state index in [9.17, 15) is 9.50 Å². The molecular weight excluding hydrogens is 381 g/mol. The Labute approximate surface area is 175 Å². The molecule has 1 aliphatic rings. The highest BCUT2D eigenvalue weighted by atomic mass is 19.1. The summed E-state index contributed by atoms with van der Waals surface area (Å²) in [5.41, 5.74) is 11.2. The molecule has 1 aliphatic heterocycles. The first kappa shape index (κ1) is 20.2. The number of pyridine rings is 1. The van der Waals surface area contributed by atoms with E-state index in [0.29, 0.717) is 11.3 Å². The number of ether oxygens (including phenoxy) is 1. The summed E-state index contributed by atoms with van der Waals surface area (Å²) in [6.45, 7) is 3.46. The van der Waals surface area contributed by atoms with Gasteiger partial charge in [-0.1, -0.05) is 12.1 Å². The summed E-state index contributed by atoms with van der Waals surface area (Å²) in [4.78, 5) is 6.73. The van der Waals surface area contributed by atoms with Gasteiger partial charge in [0.05, 0.1) is 12.8 Å². The van der Waals surface area contributed by atoms with Crippen molar-refractivity contribution in [1.82, 2.24) is 4.98 Å². The van der Waals surface area contributed by atoms with Crippen molar-refractivity contribution in [2.24, 2.45) is 5.73 Å². The molecule has 1 aromatic heterocycles. The molecule has 0 bridgehead atoms. The third-order valence-electron chi connectivity index (χ3n) is 5.71. The third-order valence-corrected chi connectivity index (χ3v) is 5.71. The van der Waals surface area contributed by atoms with Gasteiger partial charge in [0, 0.05) is 48.7 Å². The summed E-state index contributed by atoms with van der Waals surface area (Å²) in [5, 5.41) is 10.3. The van der Waals surface area contributed by atoms with E-state index in [1.165, 1.54) is 19.2 Å². The Kier molecular flexibility index (Phi) is 5.59. The first-order valence-corrected chi connectivity index (χ1v) is 10.1. The lowest BCUT2D eigenvalue weighted by molar-refractivity contribution is 0.411. The number of benzene rings is 2. The molecule has 0 amide bonds. The van der Waals surface area contributed by atoms with Gasteiger partial charge in [0.15, 0.2) is 0 Å². The van der Waals surface area contributed by atoms with E-state index in [1.54, 1.807) is 18.5 Å². The zero-order chi connectivity index (χ0) is 21.3. The molecule has 6 heteroatoms. The zero-order valence-electron chi connectivity index (χ0n) is 17.2. The summed E-state index contributed by atoms with van der Waals surface area (Å²) < 4.78 is 19.6. The Morgan fingerprint density at radius 2 is 1.77 bits per heavy atom. The van der Waals surface area contributed by atoms with E-state index < -0.39 is 0 Å². The van der Waals surface area contributed by atoms with Gasteiger partial charge in [-0.3, -0.25) is 4.98 Å². The highest BCUT2D eigenvalue weighted by molar-refractivity contribution is 5.91. The molecule has 1 saturated heterocycles. The lowest BCUT2D eigenvalue weighted by Gasteiger charge is -2.35. The summed E-state index contributed by atoms with van der Waals surface area (Å²) >= 11 is 0. The number of aromatic nitrogens is 1. The Morgan fingerprint density at radius 1 is 1.07 bits per heavy atom. The van der Waals surface area contributed by atoms with E-state index >= 15 is 0 Å². The molecule has 2 heterocycles. The molecule has 3 aromatic rings. The monoisotopic (exact) mass is 407 g/mol. The van der Waals surface area contributed by atoms with Crippen LogP contribution in [0.5, 0.6) is 11.5 Å². The predicted octanol–water partition coefficient (Wildman–Crippen LogP) is 4.50. The van der Waals surface area contributed by atoms with Gasteiger partial charge in [0.2, 0.25) is 0 Å². The molecule has 0 saturated carbocycles. The number of aryl methyl sites for hydroxylation is 1. The van der Waals surface area contributed by atoms with Crippen LogP contribution in [-0.4, -0.2) is 36.3 Å². The van der Waals surface area contributed by atoms with Crippen molar-refractivity contribution in [2.75, 3.05) is 25.1 Å². The molecule has 0 unspecified atom stereocenters. The minimum atomic E-state index is -0.366. The van der Waals surface area contributed by atoms with Crippen LogP contribution in [0.4, 0.5) is 10.1 Å². The van der Waals surface area contributed by atoms with Gasteiger partial charge >= 0.3 is 0 Å². The summed E-state index contributed by atoms with van der Waals surface area (Å²) in [6, 6.07) is 10.5. The van der Waals surface area contributed by atoms with Crippen LogP contribution < -0.4 is 15.4 Å². The van der Waals surface area contributed by atoms with E-state index in [2.05, 4.69) is 9.88 Å². The molecule has 30 heavy (non-hydrogen) atoms. The molecule has 156 valence electrons. The number of phenols is 1. The van der Waals surface area contributed by atoms with E-state index in [-0.39, 0.29) is 17.6 Å². The van der Waals surface area contributed by atoms with Gasteiger partial charge in [-0.25, -0.2) is 4.39 Å². The van der Waals surface area contributed by atoms with Gasteiger partial charge in [0.25, 0.3) is 0 Å². The molecule has 5 nitrogen and oxygen atoms in total. The molecule has 4 rings (SSSR count). The largest absolute Gasteiger partial charge is 0.508 e. The smallest absolute Gasteiger partial charge is 0.127 e. The summed E-state index contributed by atoms with van der Waals surface area (Å²) in [6.07, 6.45) is 5.32. The van der Waals surface area contributed by atoms with E-state index in [0.717, 1.165) is 53.9 Å². The van der Waals surface area contributed by atoms with Crippen molar-refractivity contribution in [1.29, 1.82) is 0 Å². The second kappa shape index (κ2) is 8.32. The fourth-order valence-corrected chi connectivity index (χ4v) is 3.95. The highest BCUT2D eigenvalue weighted by Gasteiger charge is 2.24. The van der Waals surface area contributed by atoms with Crippen molar-refractivity contribution in [3.05, 3.63) is 60.2 Å². The number of halogens is 1. The number of hydrogen-bond donors (Lipinski definition) is 2. The Hall–Kier alpha value is -3.12. The Bertz CT molecular complexity index is 1060. The van der Waals surface area contributed by atoms with Crippen LogP contribution in [0.25, 0.3) is 22.3 Å². The maximum atomic E-state index is 14.3. The number of nitrogens with two attached hydrogens (primary N) is 1. The van der Waals surface area contributed by atoms with Crippen LogP contribution in [0, 0.1) is 12.7 Å². The van der Waals surface area contributed by atoms with Crippen molar-refractivity contribution in [3.63, 3.8) is 0 Å². The van der Waals surface area contributed by atoms with Crippen LogP contribution in [0.2, 0.25) is 0 Å². The van der Waals surface area contributed by atoms with Crippen LogP contribution in [0.1, 0.15) is 18.4 Å². The molecule has 0 aliphatic carbocycles. The maximum absolute atomic E-state index is 14.3. The van der Waals surface area contributed by atoms with Gasteiger partial charge in [-0.2, -0.15) is 0 Å². The SMILES string of the molecule is COc1cc(F)cc(-c2cncc(-c3ccc(C)c(O)c3)c2N2CCC(N)CC2)c1. The lowest BCUT2D eigenvalue weighted by atomic mass is 9.95. The maximum Gasteiger partial charge on any atom is 0.127 e. The van der Waals surface area contributed by atoms with Crippen molar-refractivity contribution >= 4 is 5.69 Å². The third kappa shape index (κ3) is 3.96. The fraction of sp³-hybridized carbons (Fsp3) is 0.292. The number of hydrogen-bond acceptors (Lipinski definition) is 5. The summed E-state index contributed by atoms with van der Waals surface area (Å²) in [5.74, 6) is 0.321. The normalized spacial score (nSPS) is 14.7. The number of piperidine rings is 1. The van der Waals surface area contributed by atoms with Gasteiger partial charge in [0.1, 0.15) is 17.3 Å². The number of aromatic hydroxyl groups is 1. The lowest BCUT2D eigenvalue weighted by Crippen LogP contribution is -2.40. The van der Waals surface area contributed by atoms with Crippen LogP contribution in [0.3, 0.4) is 0 Å². The molecule has 2 aromatic carbocycles. The molecule has 0 radical (unpaired) electrons. The zero-order valence-corrected chi connectivity index (χ0v) is 17.2. The number of nitrogens with zero attached hydrogens (tertiary/aromatic N) is 2. The predicted molar refractivity (Wildman–Crippen MR) is 117 cm³/mol. The van der Waals surface area contributed by atoms with Crippen molar-refractivity contribution in [3.8, 4) is 33.8 Å². The molecule has 0 atom stereocenters. The average Bonchev–Trinajstić information content (AvgIpc) is 2.75. The van der Waals surface area contributed by atoms with Crippen LogP contribution >= 0.6 is 0 Å². The molecule has 3 N–H and O–H groups in total. The quantitative estimate of drug-likeness (QED) is 0.666. The number of methoxy groups -OCH3 is 1. The second-order valence-corrected chi connectivity index (χ2v) is 7.79. The van der Waals surface area contributed by atoms with Crippen molar-refractivity contribution in [2.45, 2.75) is 25.8 Å².